The van der Waals surface area contributed by atoms with Gasteiger partial charge in [0.25, 0.3) is 0 Å². The molecule has 0 aliphatic carbocycles. The SMILES string of the molecule is C=CC1OCC2(CO1)COC(C=C)OC2.C=CC=O.C[SiH](C)C.C[Si](C)(C)CCC1OCC2(CO1)COC(CC[Si](C)(C)C)OC2.OCC(CO)(CO)CO. The van der Waals surface area contributed by atoms with Crippen molar-refractivity contribution in [1.29, 1.82) is 0 Å². The molecule has 324 valence electrons. The number of ether oxygens (including phenoxy) is 8. The molecular weight excluding hydrogens is 761 g/mol. The average molecular weight is 839 g/mol. The fraction of sp³-hybridized carbons (Fsp3) is 0.821. The van der Waals surface area contributed by atoms with Crippen molar-refractivity contribution in [2.24, 2.45) is 16.2 Å². The van der Waals surface area contributed by atoms with Crippen LogP contribution in [0.25, 0.3) is 0 Å². The number of carbonyl (C=O) groups excluding carboxylic acids is 1. The topological polar surface area (TPSA) is 172 Å². The van der Waals surface area contributed by atoms with E-state index >= 15 is 0 Å². The molecule has 0 aromatic heterocycles. The van der Waals surface area contributed by atoms with Crippen molar-refractivity contribution in [3.05, 3.63) is 38.0 Å². The molecule has 0 aromatic carbocycles. The van der Waals surface area contributed by atoms with Crippen LogP contribution in [0, 0.1) is 16.2 Å². The Kier molecular flexibility index (Phi) is 27.2. The lowest BCUT2D eigenvalue weighted by Crippen LogP contribution is -2.52. The minimum absolute atomic E-state index is 0.0306. The van der Waals surface area contributed by atoms with E-state index in [1.807, 2.05) is 0 Å². The number of carbonyl (C=O) groups is 1. The Morgan fingerprint density at radius 1 is 0.582 bits per heavy atom. The van der Waals surface area contributed by atoms with Crippen molar-refractivity contribution in [1.82, 2.24) is 0 Å². The van der Waals surface area contributed by atoms with Gasteiger partial charge in [-0.3, -0.25) is 4.79 Å². The summed E-state index contributed by atoms with van der Waals surface area (Å²) in [5.41, 5.74) is -1.37. The molecule has 4 saturated heterocycles. The zero-order valence-corrected chi connectivity index (χ0v) is 38.7. The third kappa shape index (κ3) is 23.9. The van der Waals surface area contributed by atoms with E-state index in [-0.39, 0.29) is 44.8 Å². The van der Waals surface area contributed by atoms with Crippen molar-refractivity contribution in [3.8, 4) is 0 Å². The highest BCUT2D eigenvalue weighted by Gasteiger charge is 2.43. The normalized spacial score (nSPS) is 28.1. The van der Waals surface area contributed by atoms with Crippen molar-refractivity contribution in [2.75, 3.05) is 79.3 Å². The zero-order chi connectivity index (χ0) is 42.2. The highest BCUT2D eigenvalue weighted by atomic mass is 28.3. The molecule has 4 fully saturated rings. The van der Waals surface area contributed by atoms with E-state index in [0.29, 0.717) is 59.1 Å². The monoisotopic (exact) mass is 838 g/mol. The second-order valence-corrected chi connectivity index (χ2v) is 32.7. The molecule has 0 aromatic rings. The molecule has 0 atom stereocenters. The highest BCUT2D eigenvalue weighted by molar-refractivity contribution is 6.76. The van der Waals surface area contributed by atoms with Crippen LogP contribution in [0.15, 0.2) is 38.0 Å². The Labute approximate surface area is 336 Å². The van der Waals surface area contributed by atoms with Crippen molar-refractivity contribution in [2.45, 2.75) is 109 Å². The Bertz CT molecular complexity index is 920. The molecule has 4 aliphatic heterocycles. The van der Waals surface area contributed by atoms with Gasteiger partial charge in [-0.25, -0.2) is 0 Å². The van der Waals surface area contributed by atoms with E-state index in [2.05, 4.69) is 78.7 Å². The van der Waals surface area contributed by atoms with E-state index in [4.69, 9.17) is 63.1 Å². The molecule has 55 heavy (non-hydrogen) atoms. The second kappa shape index (κ2) is 27.7. The molecule has 0 bridgehead atoms. The molecular formula is C39H78O13Si3. The Hall–Kier alpha value is -0.939. The van der Waals surface area contributed by atoms with Crippen LogP contribution in [0.5, 0.6) is 0 Å². The van der Waals surface area contributed by atoms with Gasteiger partial charge >= 0.3 is 0 Å². The van der Waals surface area contributed by atoms with Crippen LogP contribution < -0.4 is 0 Å². The summed E-state index contributed by atoms with van der Waals surface area (Å²) < 4.78 is 45.7. The Morgan fingerprint density at radius 3 is 0.982 bits per heavy atom. The third-order valence-corrected chi connectivity index (χ3v) is 12.2. The lowest BCUT2D eigenvalue weighted by Gasteiger charge is -2.44. The van der Waals surface area contributed by atoms with Gasteiger partial charge in [-0.2, -0.15) is 0 Å². The first kappa shape index (κ1) is 54.1. The predicted molar refractivity (Wildman–Crippen MR) is 225 cm³/mol. The summed E-state index contributed by atoms with van der Waals surface area (Å²) in [6.45, 7) is 35.1. The van der Waals surface area contributed by atoms with Gasteiger partial charge in [0.1, 0.15) is 6.29 Å². The number of aliphatic hydroxyl groups excluding tert-OH is 4. The summed E-state index contributed by atoms with van der Waals surface area (Å²) in [7, 11) is -2.20. The standard InChI is InChI=1S/C17H36O4Si2.C11H16O4.C5H12O4.C3H4O.C3H10Si/c1-22(2,3)9-7-15-18-11-17(12-19-15)13-20-16(21-14-17)8-10-23(4,5)6;1-3-9-12-5-11(6-13-9)7-14-10(4-2)15-8-11;6-1-5(2-7,3-8)4-9;1-2-3-4;1-4(2)3/h15-16H,7-14H2,1-6H3;3-4,9-10H,1-2,5-8H2;6-9H,1-4H2;2-3H,1H2;4H,1-3H3. The first-order chi connectivity index (χ1) is 25.7. The van der Waals surface area contributed by atoms with Crippen molar-refractivity contribution in [3.63, 3.8) is 0 Å². The number of aldehydes is 1. The Balaban J connectivity index is 0.000000778. The van der Waals surface area contributed by atoms with Gasteiger partial charge in [-0.05, 0) is 31.1 Å². The minimum Gasteiger partial charge on any atom is -0.396 e. The van der Waals surface area contributed by atoms with E-state index in [9.17, 15) is 0 Å². The highest BCUT2D eigenvalue weighted by Crippen LogP contribution is 2.33. The van der Waals surface area contributed by atoms with Gasteiger partial charge in [-0.15, -0.1) is 0 Å². The number of allylic oxidation sites excluding steroid dienone is 1. The lowest BCUT2D eigenvalue weighted by atomic mass is 9.90. The summed E-state index contributed by atoms with van der Waals surface area (Å²) >= 11 is 0. The number of rotatable bonds is 13. The van der Waals surface area contributed by atoms with Crippen LogP contribution in [-0.2, 0) is 42.7 Å². The van der Waals surface area contributed by atoms with Crippen LogP contribution in [0.2, 0.25) is 71.0 Å². The smallest absolute Gasteiger partial charge is 0.176 e. The molecule has 4 heterocycles. The van der Waals surface area contributed by atoms with Gasteiger partial charge in [-0.1, -0.05) is 90.7 Å². The molecule has 2 spiro atoms. The number of aliphatic hydroxyl groups is 4. The van der Waals surface area contributed by atoms with Crippen LogP contribution in [0.4, 0.5) is 0 Å². The molecule has 0 saturated carbocycles. The number of hydrogen-bond donors (Lipinski definition) is 4. The van der Waals surface area contributed by atoms with Gasteiger partial charge in [0.2, 0.25) is 0 Å². The van der Waals surface area contributed by atoms with Crippen LogP contribution in [-0.4, -0.2) is 156 Å². The quantitative estimate of drug-likeness (QED) is 0.0874. The van der Waals surface area contributed by atoms with Gasteiger partial charge < -0.3 is 58.3 Å². The summed E-state index contributed by atoms with van der Waals surface area (Å²) in [6, 6.07) is 2.49. The van der Waals surface area contributed by atoms with Crippen LogP contribution >= 0.6 is 0 Å². The van der Waals surface area contributed by atoms with E-state index in [1.165, 1.54) is 18.2 Å². The summed E-state index contributed by atoms with van der Waals surface area (Å²) in [4.78, 5) is 9.06. The molecule has 0 radical (unpaired) electrons. The van der Waals surface area contributed by atoms with E-state index in [1.54, 1.807) is 12.2 Å². The molecule has 16 heteroatoms. The minimum atomic E-state index is -1.11. The molecule has 13 nitrogen and oxygen atoms in total. The molecule has 4 rings (SSSR count). The maximum Gasteiger partial charge on any atom is 0.176 e. The molecule has 0 unspecified atom stereocenters. The largest absolute Gasteiger partial charge is 0.396 e. The van der Waals surface area contributed by atoms with E-state index < -0.39 is 48.0 Å². The Morgan fingerprint density at radius 2 is 0.818 bits per heavy atom. The maximum atomic E-state index is 9.06. The third-order valence-electron chi connectivity index (χ3n) is 8.60. The van der Waals surface area contributed by atoms with Gasteiger partial charge in [0.05, 0.1) is 95.5 Å². The first-order valence-electron chi connectivity index (χ1n) is 19.4. The maximum absolute atomic E-state index is 9.06. The lowest BCUT2D eigenvalue weighted by molar-refractivity contribution is -0.302. The molecule has 4 aliphatic rings. The number of hydrogen-bond acceptors (Lipinski definition) is 13. The second-order valence-electron chi connectivity index (χ2n) is 18.0. The van der Waals surface area contributed by atoms with Crippen molar-refractivity contribution >= 4 is 31.2 Å². The van der Waals surface area contributed by atoms with Crippen LogP contribution in [0.3, 0.4) is 0 Å². The summed E-state index contributed by atoms with van der Waals surface area (Å²) in [5.74, 6) is 0. The van der Waals surface area contributed by atoms with Crippen molar-refractivity contribution < 1.29 is 63.1 Å². The summed E-state index contributed by atoms with van der Waals surface area (Å²) in [6.07, 6.45) is 6.50. The van der Waals surface area contributed by atoms with Crippen LogP contribution in [0.1, 0.15) is 12.8 Å². The first-order valence-corrected chi connectivity index (χ1v) is 30.3. The van der Waals surface area contributed by atoms with Gasteiger partial charge in [0, 0.05) is 24.9 Å². The zero-order valence-electron chi connectivity index (χ0n) is 35.6. The van der Waals surface area contributed by atoms with E-state index in [0.717, 1.165) is 12.8 Å². The molecule has 4 N–H and O–H groups in total. The fourth-order valence-corrected chi connectivity index (χ4v) is 7.02. The van der Waals surface area contributed by atoms with Gasteiger partial charge in [0.15, 0.2) is 25.2 Å². The summed E-state index contributed by atoms with van der Waals surface area (Å²) in [5, 5.41) is 34.0. The predicted octanol–water partition coefficient (Wildman–Crippen LogP) is 4.68. The molecule has 0 amide bonds. The average Bonchev–Trinajstić information content (AvgIpc) is 3.16. The fourth-order valence-electron chi connectivity index (χ4n) is 4.81.